The first-order valence-corrected chi connectivity index (χ1v) is 9.15. The van der Waals surface area contributed by atoms with Gasteiger partial charge in [-0.3, -0.25) is 4.90 Å². The summed E-state index contributed by atoms with van der Waals surface area (Å²) in [6.07, 6.45) is 2.01. The van der Waals surface area contributed by atoms with Crippen LogP contribution < -0.4 is 10.1 Å². The highest BCUT2D eigenvalue weighted by molar-refractivity contribution is 5.44. The van der Waals surface area contributed by atoms with Crippen molar-refractivity contribution < 1.29 is 13.9 Å². The van der Waals surface area contributed by atoms with Crippen LogP contribution in [0.3, 0.4) is 0 Å². The second kappa shape index (κ2) is 7.25. The monoisotopic (exact) mass is 356 g/mol. The van der Waals surface area contributed by atoms with Gasteiger partial charge in [0.25, 0.3) is 0 Å². The van der Waals surface area contributed by atoms with Gasteiger partial charge in [-0.05, 0) is 42.3 Å². The van der Waals surface area contributed by atoms with Crippen molar-refractivity contribution >= 4 is 5.69 Å². The highest BCUT2D eigenvalue weighted by atomic mass is 19.1. The van der Waals surface area contributed by atoms with Gasteiger partial charge in [0.2, 0.25) is 0 Å². The van der Waals surface area contributed by atoms with Crippen LogP contribution in [-0.4, -0.2) is 43.3 Å². The topological polar surface area (TPSA) is 33.7 Å². The molecule has 2 aromatic rings. The summed E-state index contributed by atoms with van der Waals surface area (Å²) < 4.78 is 24.8. The first-order chi connectivity index (χ1) is 12.6. The highest BCUT2D eigenvalue weighted by Gasteiger charge is 2.45. The normalized spacial score (nSPS) is 25.7. The molecule has 2 fully saturated rings. The van der Waals surface area contributed by atoms with Gasteiger partial charge in [-0.2, -0.15) is 0 Å². The maximum absolute atomic E-state index is 13.4. The molecular formula is C21H25FN2O2. The van der Waals surface area contributed by atoms with Crippen LogP contribution >= 0.6 is 0 Å². The Labute approximate surface area is 153 Å². The minimum Gasteiger partial charge on any atom is -0.497 e. The summed E-state index contributed by atoms with van der Waals surface area (Å²) in [6, 6.07) is 15.1. The molecule has 2 aliphatic rings. The highest BCUT2D eigenvalue weighted by Crippen LogP contribution is 2.36. The van der Waals surface area contributed by atoms with E-state index in [0.717, 1.165) is 43.9 Å². The second-order valence-corrected chi connectivity index (χ2v) is 7.36. The molecule has 1 spiro atoms. The summed E-state index contributed by atoms with van der Waals surface area (Å²) in [5.41, 5.74) is 2.04. The number of benzene rings is 2. The Morgan fingerprint density at radius 1 is 1.27 bits per heavy atom. The van der Waals surface area contributed by atoms with Crippen molar-refractivity contribution in [1.29, 1.82) is 0 Å². The van der Waals surface area contributed by atoms with Crippen molar-refractivity contribution in [3.05, 3.63) is 59.9 Å². The maximum atomic E-state index is 13.4. The summed E-state index contributed by atoms with van der Waals surface area (Å²) in [4.78, 5) is 2.45. The Hall–Kier alpha value is -2.11. The Balaban J connectivity index is 1.32. The molecule has 2 heterocycles. The molecule has 4 nitrogen and oxygen atoms in total. The molecule has 26 heavy (non-hydrogen) atoms. The van der Waals surface area contributed by atoms with E-state index in [1.165, 1.54) is 17.7 Å². The number of nitrogens with one attached hydrogen (secondary N) is 1. The number of halogens is 1. The zero-order chi connectivity index (χ0) is 18.0. The Bertz CT molecular complexity index is 752. The fourth-order valence-corrected chi connectivity index (χ4v) is 4.09. The van der Waals surface area contributed by atoms with Crippen LogP contribution in [0.4, 0.5) is 10.1 Å². The number of rotatable bonds is 5. The van der Waals surface area contributed by atoms with E-state index in [1.807, 2.05) is 18.2 Å². The van der Waals surface area contributed by atoms with Crippen molar-refractivity contribution in [3.8, 4) is 5.75 Å². The summed E-state index contributed by atoms with van der Waals surface area (Å²) >= 11 is 0. The van der Waals surface area contributed by atoms with Gasteiger partial charge in [-0.25, -0.2) is 4.39 Å². The smallest absolute Gasteiger partial charge is 0.125 e. The van der Waals surface area contributed by atoms with E-state index in [4.69, 9.17) is 9.47 Å². The van der Waals surface area contributed by atoms with Gasteiger partial charge in [0.05, 0.1) is 25.4 Å². The first kappa shape index (κ1) is 17.3. The quantitative estimate of drug-likeness (QED) is 0.886. The van der Waals surface area contributed by atoms with Gasteiger partial charge in [-0.15, -0.1) is 0 Å². The van der Waals surface area contributed by atoms with Crippen molar-refractivity contribution in [2.24, 2.45) is 0 Å². The second-order valence-electron chi connectivity index (χ2n) is 7.36. The van der Waals surface area contributed by atoms with Crippen LogP contribution in [0.1, 0.15) is 18.4 Å². The third-order valence-electron chi connectivity index (χ3n) is 5.37. The number of hydrogen-bond donors (Lipinski definition) is 1. The van der Waals surface area contributed by atoms with Crippen molar-refractivity contribution in [2.45, 2.75) is 31.0 Å². The standard InChI is InChI=1S/C21H25FN2O2/c1-25-20-7-5-16(6-8-20)13-24-10-9-21(15-24)12-19(14-26-21)23-18-4-2-3-17(22)11-18/h2-8,11,19,23H,9-10,12-15H2,1H3. The largest absolute Gasteiger partial charge is 0.497 e. The number of methoxy groups -OCH3 is 1. The van der Waals surface area contributed by atoms with Gasteiger partial charge in [0.15, 0.2) is 0 Å². The lowest BCUT2D eigenvalue weighted by Gasteiger charge is -2.23. The molecular weight excluding hydrogens is 331 g/mol. The minimum atomic E-state index is -0.213. The molecule has 1 N–H and O–H groups in total. The van der Waals surface area contributed by atoms with Crippen LogP contribution in [0.15, 0.2) is 48.5 Å². The van der Waals surface area contributed by atoms with Crippen LogP contribution in [0, 0.1) is 5.82 Å². The predicted molar refractivity (Wildman–Crippen MR) is 100.0 cm³/mol. The molecule has 5 heteroatoms. The zero-order valence-corrected chi connectivity index (χ0v) is 15.1. The predicted octanol–water partition coefficient (Wildman–Crippen LogP) is 3.68. The molecule has 2 aliphatic heterocycles. The number of anilines is 1. The van der Waals surface area contributed by atoms with E-state index in [1.54, 1.807) is 13.2 Å². The van der Waals surface area contributed by atoms with Gasteiger partial charge in [0, 0.05) is 31.7 Å². The van der Waals surface area contributed by atoms with Crippen LogP contribution in [0.2, 0.25) is 0 Å². The van der Waals surface area contributed by atoms with Gasteiger partial charge in [0.1, 0.15) is 11.6 Å². The lowest BCUT2D eigenvalue weighted by atomic mass is 9.97. The SMILES string of the molecule is COc1ccc(CN2CCC3(CC(Nc4cccc(F)c4)CO3)C2)cc1. The molecule has 138 valence electrons. The van der Waals surface area contributed by atoms with Gasteiger partial charge < -0.3 is 14.8 Å². The number of hydrogen-bond acceptors (Lipinski definition) is 4. The Kier molecular flexibility index (Phi) is 4.83. The van der Waals surface area contributed by atoms with Crippen LogP contribution in [-0.2, 0) is 11.3 Å². The van der Waals surface area contributed by atoms with E-state index in [9.17, 15) is 4.39 Å². The molecule has 0 radical (unpaired) electrons. The third-order valence-corrected chi connectivity index (χ3v) is 5.37. The molecule has 2 atom stereocenters. The molecule has 2 saturated heterocycles. The first-order valence-electron chi connectivity index (χ1n) is 9.15. The molecule has 0 bridgehead atoms. The number of ether oxygens (including phenoxy) is 2. The average Bonchev–Trinajstić information content (AvgIpc) is 3.22. The molecule has 4 rings (SSSR count). The summed E-state index contributed by atoms with van der Waals surface area (Å²) in [7, 11) is 1.69. The molecule has 2 unspecified atom stereocenters. The molecule has 0 aliphatic carbocycles. The summed E-state index contributed by atoms with van der Waals surface area (Å²) in [5, 5.41) is 3.41. The number of nitrogens with zero attached hydrogens (tertiary/aromatic N) is 1. The number of likely N-dealkylation sites (tertiary alicyclic amines) is 1. The Morgan fingerprint density at radius 3 is 2.88 bits per heavy atom. The van der Waals surface area contributed by atoms with E-state index in [2.05, 4.69) is 22.3 Å². The van der Waals surface area contributed by atoms with Crippen molar-refractivity contribution in [3.63, 3.8) is 0 Å². The summed E-state index contributed by atoms with van der Waals surface area (Å²) in [6.45, 7) is 3.59. The van der Waals surface area contributed by atoms with Crippen molar-refractivity contribution in [1.82, 2.24) is 4.90 Å². The van der Waals surface area contributed by atoms with Crippen LogP contribution in [0.5, 0.6) is 5.75 Å². The Morgan fingerprint density at radius 2 is 2.12 bits per heavy atom. The lowest BCUT2D eigenvalue weighted by Crippen LogP contribution is -2.33. The molecule has 0 aromatic heterocycles. The van der Waals surface area contributed by atoms with Crippen molar-refractivity contribution in [2.75, 3.05) is 32.1 Å². The fraction of sp³-hybridized carbons (Fsp3) is 0.429. The van der Waals surface area contributed by atoms with E-state index >= 15 is 0 Å². The average molecular weight is 356 g/mol. The van der Waals surface area contributed by atoms with Crippen LogP contribution in [0.25, 0.3) is 0 Å². The molecule has 0 amide bonds. The maximum Gasteiger partial charge on any atom is 0.125 e. The van der Waals surface area contributed by atoms with E-state index in [0.29, 0.717) is 6.61 Å². The van der Waals surface area contributed by atoms with E-state index < -0.39 is 0 Å². The minimum absolute atomic E-state index is 0.0720. The van der Waals surface area contributed by atoms with Gasteiger partial charge in [-0.1, -0.05) is 18.2 Å². The fourth-order valence-electron chi connectivity index (χ4n) is 4.09. The lowest BCUT2D eigenvalue weighted by molar-refractivity contribution is 0.0120. The molecule has 0 saturated carbocycles. The van der Waals surface area contributed by atoms with Gasteiger partial charge >= 0.3 is 0 Å². The zero-order valence-electron chi connectivity index (χ0n) is 15.1. The third kappa shape index (κ3) is 3.84. The van der Waals surface area contributed by atoms with E-state index in [-0.39, 0.29) is 17.5 Å². The summed E-state index contributed by atoms with van der Waals surface area (Å²) in [5.74, 6) is 0.673. The molecule has 2 aromatic carbocycles.